The number of nitrogens with two attached hydrogens (primary N) is 1. The maximum absolute atomic E-state index is 5.20. The molecule has 0 aliphatic carbocycles. The number of hydrogen-bond donors (Lipinski definition) is 1. The molecule has 14 heavy (non-hydrogen) atoms. The molecule has 0 bridgehead atoms. The van der Waals surface area contributed by atoms with E-state index in [0.717, 1.165) is 10.2 Å². The lowest BCUT2D eigenvalue weighted by Crippen LogP contribution is -2.81. The van der Waals surface area contributed by atoms with Crippen LogP contribution in [-0.2, 0) is 0 Å². The van der Waals surface area contributed by atoms with Gasteiger partial charge in [-0.05, 0) is 34.1 Å². The molecule has 1 aromatic rings. The van der Waals surface area contributed by atoms with Crippen LogP contribution in [-0.4, -0.2) is 19.4 Å². The quantitative estimate of drug-likeness (QED) is 0.890. The maximum atomic E-state index is 5.20. The summed E-state index contributed by atoms with van der Waals surface area (Å²) in [5, 5.41) is 2.94. The number of hydrogen-bond acceptors (Lipinski definition) is 2. The summed E-state index contributed by atoms with van der Waals surface area (Å²) in [5.41, 5.74) is 1.36. The van der Waals surface area contributed by atoms with E-state index in [0.29, 0.717) is 5.37 Å². The minimum Gasteiger partial charge on any atom is -0.496 e. The lowest BCUT2D eigenvalue weighted by Gasteiger charge is -2.09. The Morgan fingerprint density at radius 1 is 1.57 bits per heavy atom. The van der Waals surface area contributed by atoms with E-state index in [1.807, 2.05) is 17.8 Å². The summed E-state index contributed by atoms with van der Waals surface area (Å²) in [5.74, 6) is 2.14. The summed E-state index contributed by atoms with van der Waals surface area (Å²) in [4.78, 5) is 0. The van der Waals surface area contributed by atoms with Crippen molar-refractivity contribution in [2.24, 2.45) is 0 Å². The average Bonchev–Trinajstić information content (AvgIpc) is 2.70. The number of methoxy groups -OCH3 is 1. The molecule has 76 valence electrons. The number of halogens is 1. The van der Waals surface area contributed by atoms with Gasteiger partial charge in [-0.1, -0.05) is 11.8 Å². The van der Waals surface area contributed by atoms with Gasteiger partial charge in [0.15, 0.2) is 5.37 Å². The van der Waals surface area contributed by atoms with Crippen molar-refractivity contribution in [3.63, 3.8) is 0 Å². The second-order valence-electron chi connectivity index (χ2n) is 3.21. The Morgan fingerprint density at radius 3 is 3.00 bits per heavy atom. The Balaban J connectivity index is 2.23. The van der Waals surface area contributed by atoms with Gasteiger partial charge in [0.05, 0.1) is 18.1 Å². The summed E-state index contributed by atoms with van der Waals surface area (Å²) in [6.45, 7) is 1.22. The van der Waals surface area contributed by atoms with Gasteiger partial charge in [0.1, 0.15) is 5.75 Å². The van der Waals surface area contributed by atoms with Crippen LogP contribution in [0, 0.1) is 0 Å². The third kappa shape index (κ3) is 2.07. The lowest BCUT2D eigenvalue weighted by molar-refractivity contribution is -0.663. The monoisotopic (exact) mass is 274 g/mol. The molecule has 1 fully saturated rings. The van der Waals surface area contributed by atoms with Crippen LogP contribution < -0.4 is 10.1 Å². The normalized spacial score (nSPS) is 21.1. The van der Waals surface area contributed by atoms with Gasteiger partial charge >= 0.3 is 0 Å². The standard InChI is InChI=1S/C10H12BrNOS/c1-13-9-3-2-7(6-8(9)11)10-12-4-5-14-10/h2-3,6,10,12H,4-5H2,1H3/p+1/t10-/m1/s1. The summed E-state index contributed by atoms with van der Waals surface area (Å²) >= 11 is 5.51. The summed E-state index contributed by atoms with van der Waals surface area (Å²) in [6, 6.07) is 6.31. The molecule has 0 aromatic heterocycles. The first kappa shape index (κ1) is 10.3. The van der Waals surface area contributed by atoms with Gasteiger partial charge in [0.2, 0.25) is 0 Å². The molecule has 0 radical (unpaired) electrons. The smallest absolute Gasteiger partial charge is 0.159 e. The molecule has 0 amide bonds. The van der Waals surface area contributed by atoms with E-state index in [9.17, 15) is 0 Å². The fourth-order valence-corrected chi connectivity index (χ4v) is 3.27. The Morgan fingerprint density at radius 2 is 2.43 bits per heavy atom. The Kier molecular flexibility index (Phi) is 3.36. The molecule has 1 aromatic carbocycles. The molecular formula is C10H13BrNOS+. The van der Waals surface area contributed by atoms with Gasteiger partial charge in [-0.15, -0.1) is 0 Å². The first-order valence-corrected chi connectivity index (χ1v) is 6.44. The molecule has 2 rings (SSSR count). The molecule has 1 saturated heterocycles. The second kappa shape index (κ2) is 4.55. The van der Waals surface area contributed by atoms with Crippen molar-refractivity contribution in [1.82, 2.24) is 0 Å². The van der Waals surface area contributed by atoms with Gasteiger partial charge in [-0.2, -0.15) is 0 Å². The minimum absolute atomic E-state index is 0.567. The number of quaternary nitrogens is 1. The first-order chi connectivity index (χ1) is 6.81. The van der Waals surface area contributed by atoms with Crippen LogP contribution >= 0.6 is 27.7 Å². The van der Waals surface area contributed by atoms with E-state index < -0.39 is 0 Å². The van der Waals surface area contributed by atoms with Crippen LogP contribution in [0.25, 0.3) is 0 Å². The van der Waals surface area contributed by atoms with Crippen LogP contribution in [0.15, 0.2) is 22.7 Å². The predicted molar refractivity (Wildman–Crippen MR) is 62.7 cm³/mol. The SMILES string of the molecule is COc1ccc([C@@H]2[NH2+]CCS2)cc1Br. The molecule has 1 atom stereocenters. The van der Waals surface area contributed by atoms with Crippen molar-refractivity contribution in [2.75, 3.05) is 19.4 Å². The molecule has 1 aliphatic heterocycles. The largest absolute Gasteiger partial charge is 0.496 e. The molecule has 1 aliphatic rings. The van der Waals surface area contributed by atoms with E-state index in [-0.39, 0.29) is 0 Å². The molecule has 0 unspecified atom stereocenters. The van der Waals surface area contributed by atoms with Gasteiger partial charge in [0.25, 0.3) is 0 Å². The molecule has 0 saturated carbocycles. The van der Waals surface area contributed by atoms with E-state index >= 15 is 0 Å². The van der Waals surface area contributed by atoms with Crippen molar-refractivity contribution < 1.29 is 10.1 Å². The van der Waals surface area contributed by atoms with Crippen LogP contribution in [0.2, 0.25) is 0 Å². The number of ether oxygens (including phenoxy) is 1. The molecular weight excluding hydrogens is 262 g/mol. The number of rotatable bonds is 2. The van der Waals surface area contributed by atoms with E-state index in [4.69, 9.17) is 4.74 Å². The molecule has 4 heteroatoms. The van der Waals surface area contributed by atoms with Gasteiger partial charge in [0, 0.05) is 11.3 Å². The molecule has 1 heterocycles. The molecule has 2 N–H and O–H groups in total. The summed E-state index contributed by atoms with van der Waals surface area (Å²) < 4.78 is 6.24. The van der Waals surface area contributed by atoms with Crippen molar-refractivity contribution in [3.8, 4) is 5.75 Å². The fraction of sp³-hybridized carbons (Fsp3) is 0.400. The Bertz CT molecular complexity index is 326. The zero-order valence-electron chi connectivity index (χ0n) is 8.00. The van der Waals surface area contributed by atoms with Gasteiger partial charge < -0.3 is 10.1 Å². The zero-order chi connectivity index (χ0) is 9.97. The van der Waals surface area contributed by atoms with Gasteiger partial charge in [-0.25, -0.2) is 0 Å². The fourth-order valence-electron chi connectivity index (χ4n) is 1.57. The molecule has 2 nitrogen and oxygen atoms in total. The van der Waals surface area contributed by atoms with Crippen molar-refractivity contribution >= 4 is 27.7 Å². The van der Waals surface area contributed by atoms with Crippen LogP contribution in [0.1, 0.15) is 10.9 Å². The predicted octanol–water partition coefficient (Wildman–Crippen LogP) is 1.77. The van der Waals surface area contributed by atoms with E-state index in [1.165, 1.54) is 17.9 Å². The minimum atomic E-state index is 0.567. The second-order valence-corrected chi connectivity index (χ2v) is 5.31. The molecule has 0 spiro atoms. The van der Waals surface area contributed by atoms with E-state index in [1.54, 1.807) is 7.11 Å². The van der Waals surface area contributed by atoms with Crippen molar-refractivity contribution in [3.05, 3.63) is 28.2 Å². The van der Waals surface area contributed by atoms with Crippen LogP contribution in [0.3, 0.4) is 0 Å². The zero-order valence-corrected chi connectivity index (χ0v) is 10.4. The van der Waals surface area contributed by atoms with Crippen LogP contribution in [0.5, 0.6) is 5.75 Å². The maximum Gasteiger partial charge on any atom is 0.159 e. The van der Waals surface area contributed by atoms with Gasteiger partial charge in [-0.3, -0.25) is 0 Å². The summed E-state index contributed by atoms with van der Waals surface area (Å²) in [6.07, 6.45) is 0. The third-order valence-corrected chi connectivity index (χ3v) is 4.22. The first-order valence-electron chi connectivity index (χ1n) is 4.59. The topological polar surface area (TPSA) is 25.8 Å². The lowest BCUT2D eigenvalue weighted by atomic mass is 10.2. The highest BCUT2D eigenvalue weighted by atomic mass is 79.9. The van der Waals surface area contributed by atoms with E-state index in [2.05, 4.69) is 33.4 Å². The Hall–Kier alpha value is -0.190. The average molecular weight is 275 g/mol. The summed E-state index contributed by atoms with van der Waals surface area (Å²) in [7, 11) is 1.69. The Labute approximate surface area is 96.5 Å². The van der Waals surface area contributed by atoms with Crippen molar-refractivity contribution in [2.45, 2.75) is 5.37 Å². The number of benzene rings is 1. The highest BCUT2D eigenvalue weighted by Crippen LogP contribution is 2.31. The highest BCUT2D eigenvalue weighted by molar-refractivity contribution is 9.10. The van der Waals surface area contributed by atoms with Crippen molar-refractivity contribution in [1.29, 1.82) is 0 Å². The number of thioether (sulfide) groups is 1. The third-order valence-electron chi connectivity index (χ3n) is 2.30. The van der Waals surface area contributed by atoms with Crippen LogP contribution in [0.4, 0.5) is 0 Å². The highest BCUT2D eigenvalue weighted by Gasteiger charge is 2.21.